The molecule has 3 nitrogen and oxygen atoms in total. The summed E-state index contributed by atoms with van der Waals surface area (Å²) in [6.07, 6.45) is 2.81. The fourth-order valence-electron chi connectivity index (χ4n) is 4.24. The molecule has 4 heteroatoms. The molecule has 0 atom stereocenters. The van der Waals surface area contributed by atoms with Crippen molar-refractivity contribution in [3.8, 4) is 0 Å². The van der Waals surface area contributed by atoms with Crippen molar-refractivity contribution in [3.63, 3.8) is 0 Å². The van der Waals surface area contributed by atoms with Crippen LogP contribution in [0.3, 0.4) is 0 Å². The Balaban J connectivity index is 2.22. The molecule has 0 aliphatic heterocycles. The number of benzene rings is 3. The first kappa shape index (κ1) is 21.1. The molecule has 0 saturated carbocycles. The Kier molecular flexibility index (Phi) is 7.06. The molecular weight excluding hydrogens is 377 g/mol. The molecule has 0 saturated heterocycles. The van der Waals surface area contributed by atoms with Gasteiger partial charge in [0.15, 0.2) is 0 Å². The summed E-state index contributed by atoms with van der Waals surface area (Å²) in [7, 11) is 1.85. The van der Waals surface area contributed by atoms with E-state index in [1.807, 2.05) is 0 Å². The summed E-state index contributed by atoms with van der Waals surface area (Å²) in [6, 6.07) is 30.3. The van der Waals surface area contributed by atoms with Crippen LogP contribution in [0.4, 0.5) is 5.69 Å². The second-order valence-electron chi connectivity index (χ2n) is 7.65. The number of unbranched alkanes of at least 4 members (excludes halogenated alkanes) is 1. The summed E-state index contributed by atoms with van der Waals surface area (Å²) < 4.78 is 0. The Hall–Kier alpha value is -2.64. The van der Waals surface area contributed by atoms with Crippen molar-refractivity contribution in [2.45, 2.75) is 19.3 Å². The minimum absolute atomic E-state index is 0.226. The maximum absolute atomic E-state index is 11.1. The van der Waals surface area contributed by atoms with Crippen LogP contribution in [0.1, 0.15) is 19.3 Å². The van der Waals surface area contributed by atoms with E-state index in [2.05, 4.69) is 104 Å². The van der Waals surface area contributed by atoms with E-state index in [9.17, 15) is 4.79 Å². The van der Waals surface area contributed by atoms with E-state index in [1.54, 1.807) is 0 Å². The van der Waals surface area contributed by atoms with Crippen LogP contribution in [-0.2, 0) is 4.79 Å². The molecule has 3 aromatic rings. The molecule has 0 unspecified atom stereocenters. The Morgan fingerprint density at radius 2 is 1.31 bits per heavy atom. The van der Waals surface area contributed by atoms with Crippen LogP contribution in [0, 0.1) is 0 Å². The first-order valence-corrected chi connectivity index (χ1v) is 12.4. The molecule has 29 heavy (non-hydrogen) atoms. The van der Waals surface area contributed by atoms with Crippen LogP contribution >= 0.6 is 7.26 Å². The number of hydrogen-bond acceptors (Lipinski definition) is 2. The molecule has 1 N–H and O–H groups in total. The van der Waals surface area contributed by atoms with E-state index in [4.69, 9.17) is 5.11 Å². The van der Waals surface area contributed by atoms with Crippen LogP contribution in [0.5, 0.6) is 0 Å². The first-order valence-electron chi connectivity index (χ1n) is 10.2. The fourth-order valence-corrected chi connectivity index (χ4v) is 9.47. The Bertz CT molecular complexity index is 886. The van der Waals surface area contributed by atoms with Gasteiger partial charge in [-0.2, -0.15) is 0 Å². The van der Waals surface area contributed by atoms with Gasteiger partial charge in [-0.15, -0.1) is 0 Å². The Morgan fingerprint density at radius 1 is 0.793 bits per heavy atom. The third-order valence-electron chi connectivity index (χ3n) is 5.57. The van der Waals surface area contributed by atoms with Gasteiger partial charge in [-0.25, -0.2) is 0 Å². The van der Waals surface area contributed by atoms with Crippen molar-refractivity contribution in [2.24, 2.45) is 0 Å². The van der Waals surface area contributed by atoms with E-state index in [1.165, 1.54) is 21.6 Å². The monoisotopic (exact) mass is 407 g/mol. The van der Waals surface area contributed by atoms with Gasteiger partial charge in [0, 0.05) is 0 Å². The number of hydrogen-bond donors (Lipinski definition) is 1. The number of para-hydroxylation sites is 1. The van der Waals surface area contributed by atoms with Crippen molar-refractivity contribution < 1.29 is 9.90 Å². The van der Waals surface area contributed by atoms with Gasteiger partial charge in [-0.05, 0) is 0 Å². The molecule has 0 spiro atoms. The molecule has 152 valence electrons. The number of anilines is 1. The molecule has 3 rings (SSSR count). The molecular formula is C25H30NO2P. The van der Waals surface area contributed by atoms with E-state index >= 15 is 0 Å². The van der Waals surface area contributed by atoms with E-state index in [0.717, 1.165) is 12.6 Å². The van der Waals surface area contributed by atoms with Gasteiger partial charge < -0.3 is 0 Å². The van der Waals surface area contributed by atoms with Crippen molar-refractivity contribution in [1.29, 1.82) is 0 Å². The van der Waals surface area contributed by atoms with Gasteiger partial charge >= 0.3 is 174 Å². The Labute approximate surface area is 174 Å². The second kappa shape index (κ2) is 9.71. The van der Waals surface area contributed by atoms with Gasteiger partial charge in [0.25, 0.3) is 0 Å². The van der Waals surface area contributed by atoms with Crippen molar-refractivity contribution in [1.82, 2.24) is 0 Å². The van der Waals surface area contributed by atoms with Crippen LogP contribution in [0.15, 0.2) is 84.9 Å². The van der Waals surface area contributed by atoms with Gasteiger partial charge in [-0.1, -0.05) is 0 Å². The van der Waals surface area contributed by atoms with Crippen LogP contribution < -0.4 is 20.8 Å². The summed E-state index contributed by atoms with van der Waals surface area (Å²) in [5.41, 5.74) is 1.24. The number of carbonyl (C=O) groups is 1. The molecule has 0 heterocycles. The third-order valence-corrected chi connectivity index (χ3v) is 10.7. The van der Waals surface area contributed by atoms with E-state index in [-0.39, 0.29) is 6.42 Å². The average Bonchev–Trinajstić information content (AvgIpc) is 2.75. The molecule has 0 radical (unpaired) electrons. The number of aliphatic carboxylic acids is 1. The minimum atomic E-state index is -2.34. The standard InChI is InChI=1S/C25H30NO2P/c1-26(2)23-17-9-10-18-24(23)29(20-12-11-19-25(27)28,21-13-5-3-6-14-21)22-15-7-4-8-16-22/h3-10,13-18,29H,11-12,19-20H2,1-2H3,(H,27,28). The SMILES string of the molecule is CN(C)c1ccccc1[PH](CCCCC(=O)O)(c1ccccc1)c1ccccc1. The van der Waals surface area contributed by atoms with Crippen molar-refractivity contribution in [2.75, 3.05) is 25.2 Å². The topological polar surface area (TPSA) is 40.5 Å². The summed E-state index contributed by atoms with van der Waals surface area (Å²) >= 11 is 0. The van der Waals surface area contributed by atoms with Gasteiger partial charge in [0.2, 0.25) is 0 Å². The Morgan fingerprint density at radius 3 is 1.83 bits per heavy atom. The molecule has 0 fully saturated rings. The zero-order valence-corrected chi connectivity index (χ0v) is 18.2. The zero-order chi connectivity index (χ0) is 20.7. The van der Waals surface area contributed by atoms with Gasteiger partial charge in [0.05, 0.1) is 0 Å². The second-order valence-corrected chi connectivity index (χ2v) is 11.7. The van der Waals surface area contributed by atoms with E-state index < -0.39 is 13.2 Å². The van der Waals surface area contributed by atoms with Gasteiger partial charge in [-0.3, -0.25) is 0 Å². The summed E-state index contributed by atoms with van der Waals surface area (Å²) in [5, 5.41) is 13.2. The predicted octanol–water partition coefficient (Wildman–Crippen LogP) is 4.03. The maximum atomic E-state index is 11.1. The van der Waals surface area contributed by atoms with Crippen molar-refractivity contribution in [3.05, 3.63) is 84.9 Å². The zero-order valence-electron chi connectivity index (χ0n) is 17.2. The van der Waals surface area contributed by atoms with Crippen LogP contribution in [0.2, 0.25) is 0 Å². The number of carboxylic acid groups (broad SMARTS) is 1. The van der Waals surface area contributed by atoms with Gasteiger partial charge in [0.1, 0.15) is 0 Å². The van der Waals surface area contributed by atoms with E-state index in [0.29, 0.717) is 6.42 Å². The number of carboxylic acids is 1. The van der Waals surface area contributed by atoms with Crippen molar-refractivity contribution >= 4 is 34.8 Å². The average molecular weight is 407 g/mol. The summed E-state index contributed by atoms with van der Waals surface area (Å²) in [6.45, 7) is 0. The molecule has 0 amide bonds. The molecule has 0 aliphatic carbocycles. The van der Waals surface area contributed by atoms with Crippen LogP contribution in [-0.4, -0.2) is 31.3 Å². The number of nitrogens with zero attached hydrogens (tertiary/aromatic N) is 1. The molecule has 0 aromatic heterocycles. The number of rotatable bonds is 9. The summed E-state index contributed by atoms with van der Waals surface area (Å²) in [5.74, 6) is -0.717. The fraction of sp³-hybridized carbons (Fsp3) is 0.240. The third kappa shape index (κ3) is 4.68. The first-order chi connectivity index (χ1) is 14.1. The molecule has 0 aliphatic rings. The normalized spacial score (nSPS) is 11.8. The predicted molar refractivity (Wildman–Crippen MR) is 127 cm³/mol. The van der Waals surface area contributed by atoms with Crippen LogP contribution in [0.25, 0.3) is 0 Å². The molecule has 3 aromatic carbocycles. The molecule has 0 bridgehead atoms. The summed E-state index contributed by atoms with van der Waals surface area (Å²) in [4.78, 5) is 13.3. The quantitative estimate of drug-likeness (QED) is 0.430.